The molecule has 1 aliphatic heterocycles. The SMILES string of the molecule is COc1cccc(F)c1C1CNc2ccc(C)cc2O1. The lowest BCUT2D eigenvalue weighted by molar-refractivity contribution is 0.199. The molecule has 3 rings (SSSR count). The number of halogens is 1. The van der Waals surface area contributed by atoms with Gasteiger partial charge < -0.3 is 14.8 Å². The van der Waals surface area contributed by atoms with Crippen molar-refractivity contribution in [1.29, 1.82) is 0 Å². The molecule has 20 heavy (non-hydrogen) atoms. The first-order valence-corrected chi connectivity index (χ1v) is 6.52. The molecule has 3 nitrogen and oxygen atoms in total. The lowest BCUT2D eigenvalue weighted by Crippen LogP contribution is -2.25. The maximum Gasteiger partial charge on any atom is 0.147 e. The van der Waals surface area contributed by atoms with E-state index >= 15 is 0 Å². The number of benzene rings is 2. The average molecular weight is 273 g/mol. The Kier molecular flexibility index (Phi) is 3.22. The molecule has 0 fully saturated rings. The van der Waals surface area contributed by atoms with Crippen LogP contribution in [0.3, 0.4) is 0 Å². The molecule has 0 spiro atoms. The van der Waals surface area contributed by atoms with Gasteiger partial charge in [-0.1, -0.05) is 12.1 Å². The van der Waals surface area contributed by atoms with Crippen molar-refractivity contribution in [2.75, 3.05) is 19.0 Å². The van der Waals surface area contributed by atoms with Gasteiger partial charge in [0.1, 0.15) is 23.4 Å². The Bertz CT molecular complexity index is 642. The fourth-order valence-corrected chi connectivity index (χ4v) is 2.44. The van der Waals surface area contributed by atoms with E-state index in [9.17, 15) is 4.39 Å². The smallest absolute Gasteiger partial charge is 0.147 e. The summed E-state index contributed by atoms with van der Waals surface area (Å²) in [5.74, 6) is 0.937. The predicted octanol–water partition coefficient (Wildman–Crippen LogP) is 3.69. The highest BCUT2D eigenvalue weighted by atomic mass is 19.1. The standard InChI is InChI=1S/C16H16FNO2/c1-10-6-7-12-14(8-10)20-15(9-18-12)16-11(17)4-3-5-13(16)19-2/h3-8,15,18H,9H2,1-2H3. The van der Waals surface area contributed by atoms with E-state index in [1.165, 1.54) is 13.2 Å². The van der Waals surface area contributed by atoms with Crippen LogP contribution >= 0.6 is 0 Å². The number of hydrogen-bond acceptors (Lipinski definition) is 3. The molecule has 104 valence electrons. The first-order valence-electron chi connectivity index (χ1n) is 6.52. The zero-order chi connectivity index (χ0) is 14.1. The van der Waals surface area contributed by atoms with E-state index in [2.05, 4.69) is 5.32 Å². The first kappa shape index (κ1) is 12.8. The third-order valence-corrected chi connectivity index (χ3v) is 3.44. The quantitative estimate of drug-likeness (QED) is 0.905. The lowest BCUT2D eigenvalue weighted by Gasteiger charge is -2.29. The van der Waals surface area contributed by atoms with E-state index in [0.29, 0.717) is 17.9 Å². The van der Waals surface area contributed by atoms with Crippen LogP contribution < -0.4 is 14.8 Å². The number of fused-ring (bicyclic) bond motifs is 1. The third kappa shape index (κ3) is 2.18. The molecule has 1 heterocycles. The Morgan fingerprint density at radius 3 is 2.95 bits per heavy atom. The summed E-state index contributed by atoms with van der Waals surface area (Å²) in [5.41, 5.74) is 2.49. The van der Waals surface area contributed by atoms with Crippen molar-refractivity contribution in [2.45, 2.75) is 13.0 Å². The van der Waals surface area contributed by atoms with Crippen molar-refractivity contribution < 1.29 is 13.9 Å². The minimum atomic E-state index is -0.402. The second-order valence-electron chi connectivity index (χ2n) is 4.84. The fourth-order valence-electron chi connectivity index (χ4n) is 2.44. The van der Waals surface area contributed by atoms with Gasteiger partial charge in [0.2, 0.25) is 0 Å². The van der Waals surface area contributed by atoms with E-state index in [1.807, 2.05) is 25.1 Å². The van der Waals surface area contributed by atoms with Gasteiger partial charge in [0.25, 0.3) is 0 Å². The highest BCUT2D eigenvalue weighted by Crippen LogP contribution is 2.38. The topological polar surface area (TPSA) is 30.5 Å². The largest absolute Gasteiger partial charge is 0.496 e. The molecular formula is C16H16FNO2. The summed E-state index contributed by atoms with van der Waals surface area (Å²) >= 11 is 0. The molecule has 0 bridgehead atoms. The Hall–Kier alpha value is -2.23. The van der Waals surface area contributed by atoms with Gasteiger partial charge in [-0.2, -0.15) is 0 Å². The maximum atomic E-state index is 14.1. The van der Waals surface area contributed by atoms with Crippen LogP contribution in [0.5, 0.6) is 11.5 Å². The molecule has 1 unspecified atom stereocenters. The second kappa shape index (κ2) is 5.04. The number of methoxy groups -OCH3 is 1. The number of hydrogen-bond donors (Lipinski definition) is 1. The van der Waals surface area contributed by atoms with Gasteiger partial charge in [0.15, 0.2) is 0 Å². The Morgan fingerprint density at radius 1 is 1.30 bits per heavy atom. The highest BCUT2D eigenvalue weighted by molar-refractivity contribution is 5.60. The lowest BCUT2D eigenvalue weighted by atomic mass is 10.0. The van der Waals surface area contributed by atoms with E-state index in [0.717, 1.165) is 17.0 Å². The van der Waals surface area contributed by atoms with Crippen LogP contribution in [-0.2, 0) is 0 Å². The van der Waals surface area contributed by atoms with Crippen molar-refractivity contribution in [2.24, 2.45) is 0 Å². The van der Waals surface area contributed by atoms with Gasteiger partial charge in [0.05, 0.1) is 24.9 Å². The van der Waals surface area contributed by atoms with Crippen LogP contribution in [0.4, 0.5) is 10.1 Å². The Labute approximate surface area is 117 Å². The summed E-state index contributed by atoms with van der Waals surface area (Å²) < 4.78 is 25.3. The van der Waals surface area contributed by atoms with Crippen LogP contribution in [0, 0.1) is 12.7 Å². The van der Waals surface area contributed by atoms with E-state index in [4.69, 9.17) is 9.47 Å². The molecule has 1 N–H and O–H groups in total. The average Bonchev–Trinajstić information content (AvgIpc) is 2.46. The number of rotatable bonds is 2. The highest BCUT2D eigenvalue weighted by Gasteiger charge is 2.26. The maximum absolute atomic E-state index is 14.1. The van der Waals surface area contributed by atoms with Crippen molar-refractivity contribution in [1.82, 2.24) is 0 Å². The summed E-state index contributed by atoms with van der Waals surface area (Å²) in [6.07, 6.45) is -0.402. The number of anilines is 1. The normalized spacial score (nSPS) is 16.9. The summed E-state index contributed by atoms with van der Waals surface area (Å²) in [6.45, 7) is 2.50. The second-order valence-corrected chi connectivity index (χ2v) is 4.84. The van der Waals surface area contributed by atoms with Crippen LogP contribution in [0.1, 0.15) is 17.2 Å². The molecule has 0 aromatic heterocycles. The minimum absolute atomic E-state index is 0.313. The molecule has 1 atom stereocenters. The molecule has 0 aliphatic carbocycles. The molecule has 2 aromatic rings. The van der Waals surface area contributed by atoms with Gasteiger partial charge in [-0.3, -0.25) is 0 Å². The Balaban J connectivity index is 1.98. The van der Waals surface area contributed by atoms with Crippen molar-refractivity contribution >= 4 is 5.69 Å². The molecule has 1 aliphatic rings. The zero-order valence-electron chi connectivity index (χ0n) is 11.4. The van der Waals surface area contributed by atoms with Crippen molar-refractivity contribution in [3.05, 3.63) is 53.3 Å². The molecule has 0 saturated carbocycles. The summed E-state index contributed by atoms with van der Waals surface area (Å²) in [7, 11) is 1.53. The van der Waals surface area contributed by atoms with Gasteiger partial charge in [-0.05, 0) is 36.8 Å². The van der Waals surface area contributed by atoms with Gasteiger partial charge in [0, 0.05) is 0 Å². The Morgan fingerprint density at radius 2 is 2.15 bits per heavy atom. The van der Waals surface area contributed by atoms with Crippen molar-refractivity contribution in [3.63, 3.8) is 0 Å². The summed E-state index contributed by atoms with van der Waals surface area (Å²) in [5, 5.41) is 3.27. The number of ether oxygens (including phenoxy) is 2. The molecule has 0 amide bonds. The van der Waals surface area contributed by atoms with E-state index in [-0.39, 0.29) is 5.82 Å². The number of nitrogens with one attached hydrogen (secondary N) is 1. The molecule has 0 radical (unpaired) electrons. The van der Waals surface area contributed by atoms with Crippen LogP contribution in [-0.4, -0.2) is 13.7 Å². The molecular weight excluding hydrogens is 257 g/mol. The summed E-state index contributed by atoms with van der Waals surface area (Å²) in [6, 6.07) is 10.7. The van der Waals surface area contributed by atoms with Crippen LogP contribution in [0.2, 0.25) is 0 Å². The monoisotopic (exact) mass is 273 g/mol. The van der Waals surface area contributed by atoms with Gasteiger partial charge in [-0.15, -0.1) is 0 Å². The zero-order valence-corrected chi connectivity index (χ0v) is 11.4. The van der Waals surface area contributed by atoms with Crippen LogP contribution in [0.25, 0.3) is 0 Å². The fraction of sp³-hybridized carbons (Fsp3) is 0.250. The number of aryl methyl sites for hydroxylation is 1. The first-order chi connectivity index (χ1) is 9.69. The van der Waals surface area contributed by atoms with Gasteiger partial charge >= 0.3 is 0 Å². The molecule has 2 aromatic carbocycles. The van der Waals surface area contributed by atoms with E-state index in [1.54, 1.807) is 12.1 Å². The molecule has 4 heteroatoms. The van der Waals surface area contributed by atoms with Crippen molar-refractivity contribution in [3.8, 4) is 11.5 Å². The van der Waals surface area contributed by atoms with Gasteiger partial charge in [-0.25, -0.2) is 4.39 Å². The molecule has 0 saturated heterocycles. The third-order valence-electron chi connectivity index (χ3n) is 3.44. The summed E-state index contributed by atoms with van der Waals surface area (Å²) in [4.78, 5) is 0. The van der Waals surface area contributed by atoms with Crippen LogP contribution in [0.15, 0.2) is 36.4 Å². The van der Waals surface area contributed by atoms with E-state index < -0.39 is 6.10 Å². The predicted molar refractivity (Wildman–Crippen MR) is 76.0 cm³/mol. The minimum Gasteiger partial charge on any atom is -0.496 e.